The number of rotatable bonds is 19. The Balaban J connectivity index is 2.33. The normalized spacial score (nSPS) is 12.4. The van der Waals surface area contributed by atoms with Crippen molar-refractivity contribution in [2.75, 3.05) is 5.75 Å². The lowest BCUT2D eigenvalue weighted by atomic mass is 10.1. The number of hydrogen-bond donors (Lipinski definition) is 1. The summed E-state index contributed by atoms with van der Waals surface area (Å²) in [5.74, 6) is 0.546. The molecule has 0 amide bonds. The third kappa shape index (κ3) is 12.9. The van der Waals surface area contributed by atoms with E-state index in [0.29, 0.717) is 11.7 Å². The SMILES string of the molecule is CCCCCCCCCCc1ccc(C(CCCCC(=O)O)SCCCC)s1. The minimum Gasteiger partial charge on any atom is -0.481 e. The topological polar surface area (TPSA) is 37.3 Å². The second kappa shape index (κ2) is 17.4. The number of aryl methyl sites for hydroxylation is 1. The van der Waals surface area contributed by atoms with Crippen molar-refractivity contribution in [2.45, 2.75) is 115 Å². The molecule has 28 heavy (non-hydrogen) atoms. The number of carboxylic acid groups (broad SMARTS) is 1. The van der Waals surface area contributed by atoms with Gasteiger partial charge in [-0.2, -0.15) is 11.8 Å². The van der Waals surface area contributed by atoms with Gasteiger partial charge in [0.25, 0.3) is 0 Å². The molecule has 0 radical (unpaired) electrons. The Morgan fingerprint density at radius 1 is 0.929 bits per heavy atom. The minimum absolute atomic E-state index is 0.306. The maximum atomic E-state index is 10.7. The van der Waals surface area contributed by atoms with Crippen LogP contribution in [0.3, 0.4) is 0 Å². The van der Waals surface area contributed by atoms with Crippen LogP contribution in [-0.2, 0) is 11.2 Å². The van der Waals surface area contributed by atoms with Gasteiger partial charge < -0.3 is 5.11 Å². The Labute approximate surface area is 181 Å². The maximum absolute atomic E-state index is 10.7. The average molecular weight is 427 g/mol. The molecule has 0 saturated heterocycles. The summed E-state index contributed by atoms with van der Waals surface area (Å²) in [5.41, 5.74) is 0. The molecule has 0 aliphatic heterocycles. The highest BCUT2D eigenvalue weighted by atomic mass is 32.2. The molecular formula is C24H42O2S2. The van der Waals surface area contributed by atoms with Gasteiger partial charge >= 0.3 is 5.97 Å². The standard InChI is InChI=1S/C24H42O2S2/c1-3-5-7-8-9-10-11-12-15-21-18-19-23(28-21)22(27-20-6-4-2)16-13-14-17-24(25)26/h18-19,22H,3-17,20H2,1-2H3,(H,25,26). The van der Waals surface area contributed by atoms with Gasteiger partial charge in [-0.1, -0.05) is 71.6 Å². The molecule has 1 rings (SSSR count). The molecule has 1 unspecified atom stereocenters. The van der Waals surface area contributed by atoms with E-state index in [4.69, 9.17) is 5.11 Å². The zero-order valence-corrected chi connectivity index (χ0v) is 19.9. The Hall–Kier alpha value is -0.480. The minimum atomic E-state index is -0.668. The Morgan fingerprint density at radius 3 is 2.29 bits per heavy atom. The molecule has 1 aromatic heterocycles. The van der Waals surface area contributed by atoms with Gasteiger partial charge in [0.05, 0.1) is 0 Å². The summed E-state index contributed by atoms with van der Waals surface area (Å²) in [7, 11) is 0. The van der Waals surface area contributed by atoms with Crippen molar-refractivity contribution in [3.05, 3.63) is 21.9 Å². The largest absolute Gasteiger partial charge is 0.481 e. The predicted octanol–water partition coefficient (Wildman–Crippen LogP) is 8.65. The van der Waals surface area contributed by atoms with E-state index in [-0.39, 0.29) is 0 Å². The van der Waals surface area contributed by atoms with Crippen molar-refractivity contribution in [3.63, 3.8) is 0 Å². The van der Waals surface area contributed by atoms with Crippen LogP contribution in [0.4, 0.5) is 0 Å². The Kier molecular flexibility index (Phi) is 15.9. The van der Waals surface area contributed by atoms with Crippen LogP contribution in [0.5, 0.6) is 0 Å². The third-order valence-electron chi connectivity index (χ3n) is 5.20. The highest BCUT2D eigenvalue weighted by Gasteiger charge is 2.14. The van der Waals surface area contributed by atoms with Crippen LogP contribution in [-0.4, -0.2) is 16.8 Å². The number of thiophene rings is 1. The van der Waals surface area contributed by atoms with Gasteiger partial charge in [0.15, 0.2) is 0 Å². The van der Waals surface area contributed by atoms with Crippen molar-refractivity contribution in [1.82, 2.24) is 0 Å². The van der Waals surface area contributed by atoms with Crippen molar-refractivity contribution < 1.29 is 9.90 Å². The van der Waals surface area contributed by atoms with E-state index in [0.717, 1.165) is 19.3 Å². The van der Waals surface area contributed by atoms with E-state index in [1.165, 1.54) is 86.1 Å². The monoisotopic (exact) mass is 426 g/mol. The van der Waals surface area contributed by atoms with Crippen molar-refractivity contribution in [3.8, 4) is 0 Å². The van der Waals surface area contributed by atoms with E-state index in [1.807, 2.05) is 11.3 Å². The van der Waals surface area contributed by atoms with Gasteiger partial charge in [-0.3, -0.25) is 4.79 Å². The summed E-state index contributed by atoms with van der Waals surface area (Å²) < 4.78 is 0. The first-order chi connectivity index (χ1) is 13.7. The van der Waals surface area contributed by atoms with Gasteiger partial charge in [0.2, 0.25) is 0 Å². The number of hydrogen-bond acceptors (Lipinski definition) is 3. The second-order valence-electron chi connectivity index (χ2n) is 7.88. The summed E-state index contributed by atoms with van der Waals surface area (Å²) in [5, 5.41) is 9.40. The molecule has 162 valence electrons. The highest BCUT2D eigenvalue weighted by Crippen LogP contribution is 2.38. The van der Waals surface area contributed by atoms with Gasteiger partial charge in [-0.05, 0) is 50.0 Å². The summed E-state index contributed by atoms with van der Waals surface area (Å²) in [6, 6.07) is 4.68. The fourth-order valence-corrected chi connectivity index (χ4v) is 6.15. The summed E-state index contributed by atoms with van der Waals surface area (Å²) in [4.78, 5) is 13.8. The zero-order valence-electron chi connectivity index (χ0n) is 18.2. The van der Waals surface area contributed by atoms with Crippen LogP contribution in [0.1, 0.15) is 119 Å². The molecule has 0 bridgehead atoms. The summed E-state index contributed by atoms with van der Waals surface area (Å²) in [6.45, 7) is 4.52. The van der Waals surface area contributed by atoms with E-state index in [1.54, 1.807) is 0 Å². The van der Waals surface area contributed by atoms with Crippen LogP contribution in [0.25, 0.3) is 0 Å². The van der Waals surface area contributed by atoms with Gasteiger partial charge in [-0.15, -0.1) is 11.3 Å². The van der Waals surface area contributed by atoms with E-state index >= 15 is 0 Å². The lowest BCUT2D eigenvalue weighted by Gasteiger charge is -2.15. The van der Waals surface area contributed by atoms with Crippen LogP contribution in [0, 0.1) is 0 Å². The molecule has 0 aromatic carbocycles. The van der Waals surface area contributed by atoms with Crippen LogP contribution < -0.4 is 0 Å². The molecule has 1 aromatic rings. The third-order valence-corrected chi connectivity index (χ3v) is 8.02. The molecule has 0 spiro atoms. The van der Waals surface area contributed by atoms with Gasteiger partial charge in [-0.25, -0.2) is 0 Å². The highest BCUT2D eigenvalue weighted by molar-refractivity contribution is 7.99. The molecule has 4 heteroatoms. The van der Waals surface area contributed by atoms with Crippen LogP contribution >= 0.6 is 23.1 Å². The number of carbonyl (C=O) groups is 1. The fraction of sp³-hybridized carbons (Fsp3) is 0.792. The molecule has 2 nitrogen and oxygen atoms in total. The zero-order chi connectivity index (χ0) is 20.5. The first-order valence-electron chi connectivity index (χ1n) is 11.6. The fourth-order valence-electron chi connectivity index (χ4n) is 3.42. The first-order valence-corrected chi connectivity index (χ1v) is 13.5. The van der Waals surface area contributed by atoms with Crippen LogP contribution in [0.2, 0.25) is 0 Å². The lowest BCUT2D eigenvalue weighted by molar-refractivity contribution is -0.137. The maximum Gasteiger partial charge on any atom is 0.303 e. The molecule has 0 aliphatic rings. The second-order valence-corrected chi connectivity index (χ2v) is 10.4. The molecule has 0 fully saturated rings. The first kappa shape index (κ1) is 25.6. The van der Waals surface area contributed by atoms with Gasteiger partial charge in [0, 0.05) is 21.4 Å². The van der Waals surface area contributed by atoms with E-state index in [2.05, 4.69) is 37.7 Å². The van der Waals surface area contributed by atoms with Gasteiger partial charge in [0.1, 0.15) is 0 Å². The summed E-state index contributed by atoms with van der Waals surface area (Å²) >= 11 is 4.08. The molecule has 0 saturated carbocycles. The Bertz CT molecular complexity index is 499. The number of aliphatic carboxylic acids is 1. The van der Waals surface area contributed by atoms with Crippen molar-refractivity contribution in [2.24, 2.45) is 0 Å². The smallest absolute Gasteiger partial charge is 0.303 e. The van der Waals surface area contributed by atoms with E-state index < -0.39 is 5.97 Å². The number of thioether (sulfide) groups is 1. The molecule has 0 aliphatic carbocycles. The van der Waals surface area contributed by atoms with Crippen LogP contribution in [0.15, 0.2) is 12.1 Å². The van der Waals surface area contributed by atoms with Crippen molar-refractivity contribution >= 4 is 29.1 Å². The molecule has 1 N–H and O–H groups in total. The molecule has 1 atom stereocenters. The lowest BCUT2D eigenvalue weighted by Crippen LogP contribution is -1.97. The predicted molar refractivity (Wildman–Crippen MR) is 127 cm³/mol. The molecule has 1 heterocycles. The number of carboxylic acids is 1. The quantitative estimate of drug-likeness (QED) is 0.225. The van der Waals surface area contributed by atoms with Crippen molar-refractivity contribution in [1.29, 1.82) is 0 Å². The van der Waals surface area contributed by atoms with E-state index in [9.17, 15) is 4.79 Å². The summed E-state index contributed by atoms with van der Waals surface area (Å²) in [6.07, 6.45) is 18.0. The molecular weight excluding hydrogens is 384 g/mol. The Morgan fingerprint density at radius 2 is 1.61 bits per heavy atom. The average Bonchev–Trinajstić information content (AvgIpc) is 3.14. The number of unbranched alkanes of at least 4 members (excludes halogenated alkanes) is 9.